The van der Waals surface area contributed by atoms with Crippen molar-refractivity contribution < 1.29 is 9.53 Å². The first kappa shape index (κ1) is 28.8. The standard InChI is InChI=1S/C21H40O2.C4H6N2S/c1-3-5-6-7-8-9-10-11-12-13-14-15-16-17-18-19-20-23-21(22)4-2;1-7-4-5-2-3-6-4/h4H,2-3,5-20H2,1H3;2-3H,1H3,(H,5,6). The average molecular weight is 439 g/mol. The third-order valence-corrected chi connectivity index (χ3v) is 5.69. The van der Waals surface area contributed by atoms with Crippen molar-refractivity contribution in [1.29, 1.82) is 0 Å². The van der Waals surface area contributed by atoms with Crippen LogP contribution in [0.25, 0.3) is 0 Å². The summed E-state index contributed by atoms with van der Waals surface area (Å²) in [7, 11) is 0. The molecule has 174 valence electrons. The minimum Gasteiger partial charge on any atom is -0.463 e. The van der Waals surface area contributed by atoms with Gasteiger partial charge in [-0.05, 0) is 12.7 Å². The molecule has 0 aliphatic carbocycles. The molecule has 0 bridgehead atoms. The van der Waals surface area contributed by atoms with Crippen molar-refractivity contribution in [3.8, 4) is 0 Å². The summed E-state index contributed by atoms with van der Waals surface area (Å²) in [5, 5.41) is 0.972. The van der Waals surface area contributed by atoms with Gasteiger partial charge in [0.2, 0.25) is 0 Å². The van der Waals surface area contributed by atoms with Crippen LogP contribution in [0.1, 0.15) is 110 Å². The van der Waals surface area contributed by atoms with Gasteiger partial charge in [0.25, 0.3) is 0 Å². The van der Waals surface area contributed by atoms with Crippen LogP contribution < -0.4 is 0 Å². The Morgan fingerprint density at radius 2 is 1.40 bits per heavy atom. The summed E-state index contributed by atoms with van der Waals surface area (Å²) in [5.74, 6) is -0.300. The van der Waals surface area contributed by atoms with E-state index >= 15 is 0 Å². The second kappa shape index (κ2) is 24.0. The van der Waals surface area contributed by atoms with Gasteiger partial charge in [-0.1, -0.05) is 122 Å². The van der Waals surface area contributed by atoms with E-state index in [4.69, 9.17) is 4.74 Å². The maximum absolute atomic E-state index is 10.8. The van der Waals surface area contributed by atoms with Crippen molar-refractivity contribution in [3.05, 3.63) is 25.0 Å². The lowest BCUT2D eigenvalue weighted by Crippen LogP contribution is -2.01. The van der Waals surface area contributed by atoms with Crippen LogP contribution in [0.2, 0.25) is 0 Å². The van der Waals surface area contributed by atoms with Crippen LogP contribution in [-0.4, -0.2) is 28.8 Å². The zero-order valence-electron chi connectivity index (χ0n) is 19.6. The minimum absolute atomic E-state index is 0.300. The molecule has 0 aromatic carbocycles. The number of H-pyrrole nitrogens is 1. The van der Waals surface area contributed by atoms with Crippen LogP contribution in [0.4, 0.5) is 0 Å². The Labute approximate surface area is 190 Å². The summed E-state index contributed by atoms with van der Waals surface area (Å²) in [6.07, 6.45) is 28.5. The molecule has 0 fully saturated rings. The summed E-state index contributed by atoms with van der Waals surface area (Å²) in [4.78, 5) is 17.7. The molecule has 0 radical (unpaired) electrons. The van der Waals surface area contributed by atoms with Gasteiger partial charge in [0.05, 0.1) is 6.61 Å². The molecule has 0 unspecified atom stereocenters. The van der Waals surface area contributed by atoms with Gasteiger partial charge < -0.3 is 9.72 Å². The van der Waals surface area contributed by atoms with Crippen LogP contribution in [0.3, 0.4) is 0 Å². The van der Waals surface area contributed by atoms with Gasteiger partial charge in [-0.25, -0.2) is 9.78 Å². The van der Waals surface area contributed by atoms with Gasteiger partial charge in [-0.3, -0.25) is 0 Å². The largest absolute Gasteiger partial charge is 0.463 e. The monoisotopic (exact) mass is 438 g/mol. The van der Waals surface area contributed by atoms with Gasteiger partial charge >= 0.3 is 5.97 Å². The molecule has 1 aromatic rings. The molecule has 0 saturated heterocycles. The van der Waals surface area contributed by atoms with Crippen LogP contribution in [0.15, 0.2) is 30.2 Å². The van der Waals surface area contributed by atoms with Gasteiger partial charge in [0.1, 0.15) is 0 Å². The molecular weight excluding hydrogens is 392 g/mol. The molecule has 4 nitrogen and oxygen atoms in total. The fourth-order valence-corrected chi connectivity index (χ4v) is 3.60. The highest BCUT2D eigenvalue weighted by molar-refractivity contribution is 7.98. The van der Waals surface area contributed by atoms with Gasteiger partial charge in [0.15, 0.2) is 5.16 Å². The second-order valence-corrected chi connectivity index (χ2v) is 8.57. The molecule has 5 heteroatoms. The van der Waals surface area contributed by atoms with Crippen molar-refractivity contribution in [2.45, 2.75) is 115 Å². The van der Waals surface area contributed by atoms with E-state index in [9.17, 15) is 4.79 Å². The molecule has 0 saturated carbocycles. The number of esters is 1. The molecule has 0 amide bonds. The van der Waals surface area contributed by atoms with Gasteiger partial charge in [-0.15, -0.1) is 0 Å². The Bertz CT molecular complexity index is 478. The summed E-state index contributed by atoms with van der Waals surface area (Å²) >= 11 is 1.61. The molecule has 1 aromatic heterocycles. The SMILES string of the molecule is C=CC(=O)OCCCCCCCCCCCCCCCCCC.CSc1ncc[nH]1. The number of carbonyl (C=O) groups is 1. The Hall–Kier alpha value is -1.23. The minimum atomic E-state index is -0.300. The molecule has 0 aliphatic rings. The number of ether oxygens (including phenoxy) is 1. The van der Waals surface area contributed by atoms with Crippen molar-refractivity contribution in [2.75, 3.05) is 12.9 Å². The third-order valence-electron chi connectivity index (χ3n) is 5.08. The number of imidazole rings is 1. The summed E-state index contributed by atoms with van der Waals surface area (Å²) in [6, 6.07) is 0. The first-order valence-corrected chi connectivity index (χ1v) is 13.3. The second-order valence-electron chi connectivity index (χ2n) is 7.77. The van der Waals surface area contributed by atoms with Crippen LogP contribution in [0, 0.1) is 0 Å². The number of aromatic nitrogens is 2. The van der Waals surface area contributed by atoms with E-state index < -0.39 is 0 Å². The number of hydrogen-bond donors (Lipinski definition) is 1. The normalized spacial score (nSPS) is 10.3. The predicted octanol–water partition coefficient (Wildman–Crippen LogP) is 8.11. The summed E-state index contributed by atoms with van der Waals surface area (Å²) < 4.78 is 4.95. The first-order valence-electron chi connectivity index (χ1n) is 12.1. The molecule has 1 N–H and O–H groups in total. The van der Waals surface area contributed by atoms with Crippen LogP contribution in [-0.2, 0) is 9.53 Å². The quantitative estimate of drug-likeness (QED) is 0.103. The number of thioether (sulfide) groups is 1. The molecule has 1 heterocycles. The van der Waals surface area contributed by atoms with E-state index in [0.717, 1.165) is 11.6 Å². The van der Waals surface area contributed by atoms with E-state index in [1.807, 2.05) is 12.5 Å². The zero-order chi connectivity index (χ0) is 22.1. The van der Waals surface area contributed by atoms with Crippen molar-refractivity contribution in [3.63, 3.8) is 0 Å². The number of hydrogen-bond acceptors (Lipinski definition) is 4. The highest BCUT2D eigenvalue weighted by Gasteiger charge is 1.96. The van der Waals surface area contributed by atoms with E-state index in [-0.39, 0.29) is 5.97 Å². The number of aromatic amines is 1. The van der Waals surface area contributed by atoms with Crippen molar-refractivity contribution in [1.82, 2.24) is 9.97 Å². The lowest BCUT2D eigenvalue weighted by atomic mass is 10.0. The number of unbranched alkanes of at least 4 members (excludes halogenated alkanes) is 15. The van der Waals surface area contributed by atoms with E-state index in [1.54, 1.807) is 18.0 Å². The first-order chi connectivity index (χ1) is 14.7. The smallest absolute Gasteiger partial charge is 0.330 e. The van der Waals surface area contributed by atoms with Crippen LogP contribution >= 0.6 is 11.8 Å². The fraction of sp³-hybridized carbons (Fsp3) is 0.760. The Balaban J connectivity index is 0.000001000. The maximum Gasteiger partial charge on any atom is 0.330 e. The molecule has 0 aliphatic heterocycles. The maximum atomic E-state index is 10.8. The van der Waals surface area contributed by atoms with E-state index in [0.29, 0.717) is 6.61 Å². The van der Waals surface area contributed by atoms with Crippen LogP contribution in [0.5, 0.6) is 0 Å². The number of carbonyl (C=O) groups excluding carboxylic acids is 1. The Morgan fingerprint density at radius 3 is 1.73 bits per heavy atom. The highest BCUT2D eigenvalue weighted by atomic mass is 32.2. The zero-order valence-corrected chi connectivity index (χ0v) is 20.4. The Kier molecular flexibility index (Phi) is 23.1. The van der Waals surface area contributed by atoms with Gasteiger partial charge in [0, 0.05) is 18.5 Å². The van der Waals surface area contributed by atoms with Crippen molar-refractivity contribution in [2.24, 2.45) is 0 Å². The average Bonchev–Trinajstić information content (AvgIpc) is 3.30. The number of nitrogens with one attached hydrogen (secondary N) is 1. The molecule has 1 rings (SSSR count). The molecular formula is C25H46N2O2S. The fourth-order valence-electron chi connectivity index (χ4n) is 3.24. The van der Waals surface area contributed by atoms with Gasteiger partial charge in [-0.2, -0.15) is 0 Å². The number of rotatable bonds is 19. The lowest BCUT2D eigenvalue weighted by Gasteiger charge is -2.04. The molecule has 0 atom stereocenters. The number of nitrogens with zero attached hydrogens (tertiary/aromatic N) is 1. The topological polar surface area (TPSA) is 55.0 Å². The summed E-state index contributed by atoms with van der Waals surface area (Å²) in [5.41, 5.74) is 0. The third kappa shape index (κ3) is 21.5. The van der Waals surface area contributed by atoms with E-state index in [1.165, 1.54) is 102 Å². The van der Waals surface area contributed by atoms with Crippen molar-refractivity contribution >= 4 is 17.7 Å². The lowest BCUT2D eigenvalue weighted by molar-refractivity contribution is -0.137. The molecule has 30 heavy (non-hydrogen) atoms. The van der Waals surface area contributed by atoms with E-state index in [2.05, 4.69) is 23.5 Å². The Morgan fingerprint density at radius 1 is 0.933 bits per heavy atom. The predicted molar refractivity (Wildman–Crippen MR) is 131 cm³/mol. The summed E-state index contributed by atoms with van der Waals surface area (Å²) in [6.45, 7) is 6.20. The molecule has 0 spiro atoms. The highest BCUT2D eigenvalue weighted by Crippen LogP contribution is 2.13.